The van der Waals surface area contributed by atoms with E-state index in [1.165, 1.54) is 0 Å². The fourth-order valence-electron chi connectivity index (χ4n) is 4.21. The van der Waals surface area contributed by atoms with E-state index in [9.17, 15) is 4.79 Å². The maximum atomic E-state index is 13.1. The van der Waals surface area contributed by atoms with Gasteiger partial charge in [-0.15, -0.1) is 0 Å². The molecule has 0 radical (unpaired) electrons. The molecule has 1 saturated carbocycles. The molecule has 0 bridgehead atoms. The molecule has 2 aliphatic rings. The van der Waals surface area contributed by atoms with Gasteiger partial charge in [0, 0.05) is 18.2 Å². The third kappa shape index (κ3) is 4.33. The largest absolute Gasteiger partial charge is 0.489 e. The second-order valence-corrected chi connectivity index (χ2v) is 8.83. The van der Waals surface area contributed by atoms with E-state index < -0.39 is 5.41 Å². The van der Waals surface area contributed by atoms with E-state index >= 15 is 0 Å². The molecule has 35 heavy (non-hydrogen) atoms. The minimum Gasteiger partial charge on any atom is -0.489 e. The molecule has 7 heteroatoms. The zero-order valence-electron chi connectivity index (χ0n) is 19.0. The summed E-state index contributed by atoms with van der Waals surface area (Å²) in [5.41, 5.74) is 2.98. The molecule has 4 aromatic rings. The lowest BCUT2D eigenvalue weighted by molar-refractivity contribution is -0.123. The molecule has 1 fully saturated rings. The highest BCUT2D eigenvalue weighted by Gasteiger charge is 2.53. The number of carbonyl (C=O) groups excluding carboxylic acids is 1. The fraction of sp³-hybridized carbons (Fsp3) is 0.214. The van der Waals surface area contributed by atoms with Crippen LogP contribution in [0.4, 0.5) is 0 Å². The Labute approximate surface area is 202 Å². The van der Waals surface area contributed by atoms with E-state index in [-0.39, 0.29) is 12.7 Å². The summed E-state index contributed by atoms with van der Waals surface area (Å²) < 4.78 is 22.2. The number of ether oxygens (including phenoxy) is 3. The molecule has 2 heterocycles. The minimum absolute atomic E-state index is 0.0348. The smallest absolute Gasteiger partial charge is 0.232 e. The molecule has 7 nitrogen and oxygen atoms in total. The summed E-state index contributed by atoms with van der Waals surface area (Å²) in [7, 11) is 0. The molecule has 0 atom stereocenters. The number of hydrogen-bond donors (Lipinski definition) is 1. The van der Waals surface area contributed by atoms with Crippen molar-refractivity contribution in [2.45, 2.75) is 31.4 Å². The van der Waals surface area contributed by atoms with Gasteiger partial charge in [-0.3, -0.25) is 4.79 Å². The molecule has 6 rings (SSSR count). The molecule has 176 valence electrons. The average molecular weight is 469 g/mol. The van der Waals surface area contributed by atoms with Crippen molar-refractivity contribution >= 4 is 5.91 Å². The van der Waals surface area contributed by atoms with Gasteiger partial charge >= 0.3 is 0 Å². The molecule has 1 N–H and O–H groups in total. The van der Waals surface area contributed by atoms with Crippen LogP contribution in [0, 0.1) is 0 Å². The quantitative estimate of drug-likeness (QED) is 0.392. The highest BCUT2D eigenvalue weighted by atomic mass is 16.7. The molecule has 1 amide bonds. The summed E-state index contributed by atoms with van der Waals surface area (Å²) in [5.74, 6) is 2.75. The molecule has 0 unspecified atom stereocenters. The van der Waals surface area contributed by atoms with Crippen molar-refractivity contribution < 1.29 is 23.5 Å². The zero-order valence-corrected chi connectivity index (χ0v) is 19.0. The fourth-order valence-corrected chi connectivity index (χ4v) is 4.21. The average Bonchev–Trinajstić information content (AvgIpc) is 3.33. The van der Waals surface area contributed by atoms with E-state index in [1.807, 2.05) is 78.9 Å². The lowest BCUT2D eigenvalue weighted by Crippen LogP contribution is -2.34. The van der Waals surface area contributed by atoms with Gasteiger partial charge in [-0.05, 0) is 54.3 Å². The summed E-state index contributed by atoms with van der Waals surface area (Å²) in [6.45, 7) is 1.17. The van der Waals surface area contributed by atoms with Crippen LogP contribution in [0.25, 0.3) is 11.3 Å². The standard InChI is InChI=1S/C28H24N2O5/c31-27(29-16-19-6-9-22(10-7-19)32-17-20-4-2-1-3-5-20)28(12-13-28)26-15-24(35-30-26)21-8-11-23-25(14-21)34-18-33-23/h1-11,14-15H,12-13,16-18H2,(H,29,31). The molecular formula is C28H24N2O5. The number of benzene rings is 3. The Morgan fingerprint density at radius 1 is 0.914 bits per heavy atom. The second kappa shape index (κ2) is 8.83. The summed E-state index contributed by atoms with van der Waals surface area (Å²) in [5, 5.41) is 7.29. The van der Waals surface area contributed by atoms with Crippen LogP contribution in [0.5, 0.6) is 17.2 Å². The van der Waals surface area contributed by atoms with Crippen molar-refractivity contribution in [3.63, 3.8) is 0 Å². The van der Waals surface area contributed by atoms with Gasteiger partial charge in [0.1, 0.15) is 12.4 Å². The predicted molar refractivity (Wildman–Crippen MR) is 128 cm³/mol. The van der Waals surface area contributed by atoms with Gasteiger partial charge in [0.25, 0.3) is 0 Å². The Morgan fingerprint density at radius 3 is 2.51 bits per heavy atom. The highest BCUT2D eigenvalue weighted by Crippen LogP contribution is 2.49. The molecular weight excluding hydrogens is 444 g/mol. The number of nitrogens with one attached hydrogen (secondary N) is 1. The van der Waals surface area contributed by atoms with E-state index in [4.69, 9.17) is 18.7 Å². The Bertz CT molecular complexity index is 1340. The molecule has 0 spiro atoms. The number of hydrogen-bond acceptors (Lipinski definition) is 6. The molecule has 0 saturated heterocycles. The zero-order chi connectivity index (χ0) is 23.7. The van der Waals surface area contributed by atoms with E-state index in [0.29, 0.717) is 36.1 Å². The lowest BCUT2D eigenvalue weighted by Gasteiger charge is -2.13. The number of amides is 1. The maximum Gasteiger partial charge on any atom is 0.232 e. The Morgan fingerprint density at radius 2 is 1.71 bits per heavy atom. The third-order valence-electron chi connectivity index (χ3n) is 6.47. The molecule has 3 aromatic carbocycles. The van der Waals surface area contributed by atoms with Crippen LogP contribution in [0.2, 0.25) is 0 Å². The first-order valence-electron chi connectivity index (χ1n) is 11.6. The van der Waals surface area contributed by atoms with Gasteiger partial charge < -0.3 is 24.1 Å². The number of nitrogens with zero attached hydrogens (tertiary/aromatic N) is 1. The van der Waals surface area contributed by atoms with Crippen LogP contribution in [0.15, 0.2) is 83.4 Å². The molecule has 1 aliphatic carbocycles. The summed E-state index contributed by atoms with van der Waals surface area (Å²) in [6.07, 6.45) is 1.50. The summed E-state index contributed by atoms with van der Waals surface area (Å²) >= 11 is 0. The molecule has 1 aromatic heterocycles. The predicted octanol–water partition coefficient (Wildman–Crippen LogP) is 5.00. The number of fused-ring (bicyclic) bond motifs is 1. The van der Waals surface area contributed by atoms with Crippen molar-refractivity contribution in [3.8, 4) is 28.6 Å². The van der Waals surface area contributed by atoms with Gasteiger partial charge in [-0.25, -0.2) is 0 Å². The van der Waals surface area contributed by atoms with Crippen LogP contribution in [-0.2, 0) is 23.4 Å². The Kier molecular flexibility index (Phi) is 5.37. The molecule has 1 aliphatic heterocycles. The Balaban J connectivity index is 1.07. The van der Waals surface area contributed by atoms with Gasteiger partial charge in [-0.2, -0.15) is 0 Å². The normalized spacial score (nSPS) is 15.0. The minimum atomic E-state index is -0.628. The van der Waals surface area contributed by atoms with E-state index in [1.54, 1.807) is 0 Å². The van der Waals surface area contributed by atoms with Crippen LogP contribution in [-0.4, -0.2) is 17.9 Å². The van der Waals surface area contributed by atoms with Crippen molar-refractivity contribution in [2.75, 3.05) is 6.79 Å². The van der Waals surface area contributed by atoms with E-state index in [2.05, 4.69) is 10.5 Å². The highest BCUT2D eigenvalue weighted by molar-refractivity contribution is 5.91. The number of carbonyl (C=O) groups is 1. The van der Waals surface area contributed by atoms with Crippen LogP contribution < -0.4 is 19.5 Å². The monoisotopic (exact) mass is 468 g/mol. The summed E-state index contributed by atoms with van der Waals surface area (Å²) in [6, 6.07) is 25.3. The first-order chi connectivity index (χ1) is 17.2. The number of aromatic nitrogens is 1. The van der Waals surface area contributed by atoms with Gasteiger partial charge in [0.15, 0.2) is 17.3 Å². The van der Waals surface area contributed by atoms with Crippen LogP contribution >= 0.6 is 0 Å². The van der Waals surface area contributed by atoms with Crippen molar-refractivity contribution in [2.24, 2.45) is 0 Å². The first kappa shape index (κ1) is 21.3. The van der Waals surface area contributed by atoms with Gasteiger partial charge in [0.2, 0.25) is 12.7 Å². The van der Waals surface area contributed by atoms with E-state index in [0.717, 1.165) is 35.3 Å². The lowest BCUT2D eigenvalue weighted by atomic mass is 10.00. The van der Waals surface area contributed by atoms with Crippen LogP contribution in [0.1, 0.15) is 29.7 Å². The van der Waals surface area contributed by atoms with Crippen molar-refractivity contribution in [1.29, 1.82) is 0 Å². The van der Waals surface area contributed by atoms with Crippen molar-refractivity contribution in [1.82, 2.24) is 10.5 Å². The number of rotatable bonds is 8. The van der Waals surface area contributed by atoms with Crippen molar-refractivity contribution in [3.05, 3.63) is 95.7 Å². The second-order valence-electron chi connectivity index (χ2n) is 8.83. The maximum absolute atomic E-state index is 13.1. The Hall–Kier alpha value is -4.26. The van der Waals surface area contributed by atoms with Gasteiger partial charge in [0.05, 0.1) is 11.1 Å². The SMILES string of the molecule is O=C(NCc1ccc(OCc2ccccc2)cc1)C1(c2cc(-c3ccc4c(c3)OCO4)on2)CC1. The third-order valence-corrected chi connectivity index (χ3v) is 6.47. The topological polar surface area (TPSA) is 82.8 Å². The van der Waals surface area contributed by atoms with Crippen LogP contribution in [0.3, 0.4) is 0 Å². The van der Waals surface area contributed by atoms with Gasteiger partial charge in [-0.1, -0.05) is 47.6 Å². The summed E-state index contributed by atoms with van der Waals surface area (Å²) in [4.78, 5) is 13.1. The first-order valence-corrected chi connectivity index (χ1v) is 11.6.